The number of hydrogen-bond acceptors (Lipinski definition) is 3. The molecule has 0 saturated heterocycles. The van der Waals surface area contributed by atoms with Crippen LogP contribution in [0.1, 0.15) is 18.5 Å². The molecule has 0 fully saturated rings. The maximum atomic E-state index is 10.9. The van der Waals surface area contributed by atoms with Gasteiger partial charge in [-0.3, -0.25) is 9.48 Å². The van der Waals surface area contributed by atoms with Gasteiger partial charge in [-0.05, 0) is 28.5 Å². The van der Waals surface area contributed by atoms with Crippen LogP contribution in [0, 0.1) is 0 Å². The molecule has 16 heavy (non-hydrogen) atoms. The van der Waals surface area contributed by atoms with Gasteiger partial charge >= 0.3 is 0 Å². The van der Waals surface area contributed by atoms with E-state index in [-0.39, 0.29) is 11.9 Å². The maximum absolute atomic E-state index is 10.9. The minimum atomic E-state index is -0.0209. The molecule has 2 aromatic heterocycles. The van der Waals surface area contributed by atoms with Crippen molar-refractivity contribution in [3.05, 3.63) is 40.8 Å². The second-order valence-electron chi connectivity index (χ2n) is 3.50. The number of rotatable bonds is 4. The van der Waals surface area contributed by atoms with Gasteiger partial charge in [-0.1, -0.05) is 0 Å². The first kappa shape index (κ1) is 10.9. The van der Waals surface area contributed by atoms with Crippen molar-refractivity contribution in [3.8, 4) is 0 Å². The van der Waals surface area contributed by atoms with Crippen LogP contribution in [0.5, 0.6) is 0 Å². The zero-order chi connectivity index (χ0) is 11.4. The molecular weight excluding hydrogens is 222 g/mol. The average Bonchev–Trinajstić information content (AvgIpc) is 2.88. The Bertz CT molecular complexity index is 402. The number of amides is 1. The summed E-state index contributed by atoms with van der Waals surface area (Å²) in [5, 5.41) is 11.2. The molecule has 0 spiro atoms. The van der Waals surface area contributed by atoms with Gasteiger partial charge < -0.3 is 5.32 Å². The Balaban J connectivity index is 2.17. The van der Waals surface area contributed by atoms with Crippen molar-refractivity contribution < 1.29 is 4.79 Å². The number of hydrogen-bond donors (Lipinski definition) is 1. The normalized spacial score (nSPS) is 12.3. The van der Waals surface area contributed by atoms with Crippen molar-refractivity contribution in [3.63, 3.8) is 0 Å². The fraction of sp³-hybridized carbons (Fsp3) is 0.273. The van der Waals surface area contributed by atoms with Gasteiger partial charge in [0.25, 0.3) is 0 Å². The van der Waals surface area contributed by atoms with Crippen LogP contribution >= 0.6 is 11.3 Å². The lowest BCUT2D eigenvalue weighted by Crippen LogP contribution is -2.29. The zero-order valence-electron chi connectivity index (χ0n) is 8.96. The lowest BCUT2D eigenvalue weighted by atomic mass is 10.1. The summed E-state index contributed by atoms with van der Waals surface area (Å²) in [6, 6.07) is 4.01. The van der Waals surface area contributed by atoms with E-state index >= 15 is 0 Å². The molecule has 0 unspecified atom stereocenters. The zero-order valence-corrected chi connectivity index (χ0v) is 9.78. The van der Waals surface area contributed by atoms with Crippen LogP contribution in [0.25, 0.3) is 0 Å². The molecule has 0 aliphatic heterocycles. The molecule has 0 radical (unpaired) electrons. The molecule has 0 aliphatic carbocycles. The average molecular weight is 235 g/mol. The first-order chi connectivity index (χ1) is 7.77. The molecule has 0 aromatic carbocycles. The second kappa shape index (κ2) is 4.94. The van der Waals surface area contributed by atoms with Crippen LogP contribution in [0.3, 0.4) is 0 Å². The largest absolute Gasteiger partial charge is 0.354 e. The van der Waals surface area contributed by atoms with Crippen molar-refractivity contribution in [1.82, 2.24) is 15.1 Å². The summed E-state index contributed by atoms with van der Waals surface area (Å²) in [5.41, 5.74) is 1.17. The molecule has 2 rings (SSSR count). The summed E-state index contributed by atoms with van der Waals surface area (Å²) in [6.45, 7) is 2.08. The minimum Gasteiger partial charge on any atom is -0.354 e. The molecule has 0 bridgehead atoms. The summed E-state index contributed by atoms with van der Waals surface area (Å²) in [7, 11) is 0. The van der Waals surface area contributed by atoms with E-state index in [1.54, 1.807) is 17.5 Å². The molecule has 1 atom stereocenters. The Morgan fingerprint density at radius 1 is 1.69 bits per heavy atom. The van der Waals surface area contributed by atoms with Gasteiger partial charge in [0.2, 0.25) is 5.91 Å². The molecule has 5 heteroatoms. The van der Waals surface area contributed by atoms with Gasteiger partial charge in [-0.25, -0.2) is 0 Å². The Hall–Kier alpha value is -1.62. The quantitative estimate of drug-likeness (QED) is 0.876. The molecule has 1 amide bonds. The van der Waals surface area contributed by atoms with E-state index in [0.29, 0.717) is 6.54 Å². The Morgan fingerprint density at radius 3 is 3.12 bits per heavy atom. The lowest BCUT2D eigenvalue weighted by molar-refractivity contribution is -0.119. The number of carbonyl (C=O) groups is 1. The van der Waals surface area contributed by atoms with Crippen LogP contribution in [-0.4, -0.2) is 22.2 Å². The molecule has 2 heterocycles. The monoisotopic (exact) mass is 235 g/mol. The molecule has 0 saturated carbocycles. The van der Waals surface area contributed by atoms with Gasteiger partial charge in [0.05, 0.1) is 6.04 Å². The molecule has 0 aliphatic rings. The van der Waals surface area contributed by atoms with Crippen molar-refractivity contribution in [1.29, 1.82) is 0 Å². The fourth-order valence-corrected chi connectivity index (χ4v) is 2.24. The summed E-state index contributed by atoms with van der Waals surface area (Å²) in [5.74, 6) is -0.0209. The highest BCUT2D eigenvalue weighted by atomic mass is 32.1. The molecule has 1 N–H and O–H groups in total. The van der Waals surface area contributed by atoms with Crippen molar-refractivity contribution in [2.45, 2.75) is 13.0 Å². The van der Waals surface area contributed by atoms with E-state index in [9.17, 15) is 4.79 Å². The Morgan fingerprint density at radius 2 is 2.56 bits per heavy atom. The van der Waals surface area contributed by atoms with Crippen LogP contribution < -0.4 is 5.32 Å². The van der Waals surface area contributed by atoms with E-state index < -0.39 is 0 Å². The maximum Gasteiger partial charge on any atom is 0.216 e. The Kier molecular flexibility index (Phi) is 3.36. The van der Waals surface area contributed by atoms with E-state index in [1.165, 1.54) is 12.5 Å². The first-order valence-corrected chi connectivity index (χ1v) is 5.97. The predicted octanol–water partition coefficient (Wildman–Crippen LogP) is 1.67. The van der Waals surface area contributed by atoms with Crippen LogP contribution in [0.4, 0.5) is 0 Å². The fourth-order valence-electron chi connectivity index (χ4n) is 1.53. The number of aromatic nitrogens is 2. The number of carbonyl (C=O) groups excluding carboxylic acids is 1. The summed E-state index contributed by atoms with van der Waals surface area (Å²) < 4.78 is 1.86. The van der Waals surface area contributed by atoms with Gasteiger partial charge in [-0.15, -0.1) is 0 Å². The van der Waals surface area contributed by atoms with Gasteiger partial charge in [0.15, 0.2) is 0 Å². The second-order valence-corrected chi connectivity index (χ2v) is 4.28. The van der Waals surface area contributed by atoms with E-state index in [1.807, 2.05) is 22.3 Å². The van der Waals surface area contributed by atoms with Gasteiger partial charge in [0.1, 0.15) is 0 Å². The van der Waals surface area contributed by atoms with Gasteiger partial charge in [-0.2, -0.15) is 16.4 Å². The smallest absolute Gasteiger partial charge is 0.216 e. The first-order valence-electron chi connectivity index (χ1n) is 5.03. The molecule has 2 aromatic rings. The summed E-state index contributed by atoms with van der Waals surface area (Å²) in [4.78, 5) is 10.9. The van der Waals surface area contributed by atoms with Crippen molar-refractivity contribution in [2.24, 2.45) is 0 Å². The summed E-state index contributed by atoms with van der Waals surface area (Å²) >= 11 is 1.65. The highest BCUT2D eigenvalue weighted by Crippen LogP contribution is 2.19. The summed E-state index contributed by atoms with van der Waals surface area (Å²) in [6.07, 6.45) is 3.65. The topological polar surface area (TPSA) is 46.9 Å². The predicted molar refractivity (Wildman–Crippen MR) is 63.4 cm³/mol. The minimum absolute atomic E-state index is 0.0209. The third-order valence-electron chi connectivity index (χ3n) is 2.32. The standard InChI is InChI=1S/C11H13N3OS/c1-9(15)12-7-11(10-3-6-16-8-10)14-5-2-4-13-14/h2-6,8,11H,7H2,1H3,(H,12,15)/t11-/m0/s1. The van der Waals surface area contributed by atoms with Crippen LogP contribution in [-0.2, 0) is 4.79 Å². The van der Waals surface area contributed by atoms with Gasteiger partial charge in [0, 0.05) is 25.9 Å². The van der Waals surface area contributed by atoms with E-state index in [4.69, 9.17) is 0 Å². The molecular formula is C11H13N3OS. The SMILES string of the molecule is CC(=O)NC[C@@H](c1ccsc1)n1cccn1. The Labute approximate surface area is 97.9 Å². The number of thiophene rings is 1. The van der Waals surface area contributed by atoms with Crippen LogP contribution in [0.2, 0.25) is 0 Å². The van der Waals surface area contributed by atoms with Crippen LogP contribution in [0.15, 0.2) is 35.3 Å². The van der Waals surface area contributed by atoms with E-state index in [0.717, 1.165) is 0 Å². The van der Waals surface area contributed by atoms with Crippen molar-refractivity contribution >= 4 is 17.2 Å². The highest BCUT2D eigenvalue weighted by molar-refractivity contribution is 7.07. The number of nitrogens with one attached hydrogen (secondary N) is 1. The van der Waals surface area contributed by atoms with Crippen molar-refractivity contribution in [2.75, 3.05) is 6.54 Å². The van der Waals surface area contributed by atoms with E-state index in [2.05, 4.69) is 21.9 Å². The highest BCUT2D eigenvalue weighted by Gasteiger charge is 2.14. The third kappa shape index (κ3) is 2.49. The molecule has 84 valence electrons. The number of nitrogens with zero attached hydrogens (tertiary/aromatic N) is 2. The molecule has 4 nitrogen and oxygen atoms in total. The third-order valence-corrected chi connectivity index (χ3v) is 3.02. The lowest BCUT2D eigenvalue weighted by Gasteiger charge is -2.16.